The number of halogens is 1. The predicted molar refractivity (Wildman–Crippen MR) is 99.5 cm³/mol. The van der Waals surface area contributed by atoms with E-state index in [1.165, 1.54) is 0 Å². The maximum atomic E-state index is 13.0. The van der Waals surface area contributed by atoms with Crippen molar-refractivity contribution < 1.29 is 4.79 Å². The summed E-state index contributed by atoms with van der Waals surface area (Å²) in [5.41, 5.74) is 3.54. The van der Waals surface area contributed by atoms with Crippen molar-refractivity contribution in [1.29, 1.82) is 0 Å². The summed E-state index contributed by atoms with van der Waals surface area (Å²) in [7, 11) is 0. The molecule has 1 aliphatic heterocycles. The van der Waals surface area contributed by atoms with Gasteiger partial charge in [0.1, 0.15) is 0 Å². The molecule has 2 aromatic heterocycles. The Labute approximate surface area is 154 Å². The number of carbonyl (C=O) groups excluding carboxylic acids is 1. The van der Waals surface area contributed by atoms with E-state index in [-0.39, 0.29) is 11.9 Å². The third kappa shape index (κ3) is 2.86. The fraction of sp³-hybridized carbons (Fsp3) is 0.389. The highest BCUT2D eigenvalue weighted by Gasteiger charge is 2.32. The number of aryl methyl sites for hydroxylation is 1. The lowest BCUT2D eigenvalue weighted by molar-refractivity contribution is 0.0718. The molecule has 1 unspecified atom stereocenters. The summed E-state index contributed by atoms with van der Waals surface area (Å²) in [5, 5.41) is 7.18. The molecule has 4 rings (SSSR count). The highest BCUT2D eigenvalue weighted by molar-refractivity contribution is 9.10. The number of nitrogens with zero attached hydrogens (tertiary/aromatic N) is 4. The zero-order valence-corrected chi connectivity index (χ0v) is 15.7. The van der Waals surface area contributed by atoms with Crippen LogP contribution < -0.4 is 0 Å². The molecule has 3 heterocycles. The topological polar surface area (TPSA) is 66.8 Å². The van der Waals surface area contributed by atoms with Gasteiger partial charge in [-0.1, -0.05) is 19.1 Å². The molecule has 1 amide bonds. The van der Waals surface area contributed by atoms with Gasteiger partial charge in [0.15, 0.2) is 5.69 Å². The summed E-state index contributed by atoms with van der Waals surface area (Å²) >= 11 is 3.52. The smallest absolute Gasteiger partial charge is 0.275 e. The molecule has 0 spiro atoms. The number of aromatic amines is 1. The van der Waals surface area contributed by atoms with Crippen molar-refractivity contribution in [1.82, 2.24) is 24.6 Å². The third-order valence-corrected chi connectivity index (χ3v) is 5.76. The SMILES string of the molecule is CCc1[nH]nc(C(=O)N2CCCC2Cn2cnc3ccccc32)c1Br. The first kappa shape index (κ1) is 16.3. The maximum Gasteiger partial charge on any atom is 0.275 e. The van der Waals surface area contributed by atoms with Crippen molar-refractivity contribution in [3.63, 3.8) is 0 Å². The first-order chi connectivity index (χ1) is 12.2. The average molecular weight is 402 g/mol. The zero-order valence-electron chi connectivity index (χ0n) is 14.1. The van der Waals surface area contributed by atoms with Crippen LogP contribution in [0.5, 0.6) is 0 Å². The first-order valence-electron chi connectivity index (χ1n) is 8.62. The van der Waals surface area contributed by atoms with Crippen molar-refractivity contribution in [2.75, 3.05) is 6.54 Å². The number of nitrogens with one attached hydrogen (secondary N) is 1. The molecule has 25 heavy (non-hydrogen) atoms. The van der Waals surface area contributed by atoms with Crippen LogP contribution in [0.3, 0.4) is 0 Å². The lowest BCUT2D eigenvalue weighted by Gasteiger charge is -2.24. The highest BCUT2D eigenvalue weighted by Crippen LogP contribution is 2.26. The van der Waals surface area contributed by atoms with Gasteiger partial charge >= 0.3 is 0 Å². The molecule has 1 N–H and O–H groups in total. The van der Waals surface area contributed by atoms with Crippen LogP contribution in [0.1, 0.15) is 35.9 Å². The molecule has 3 aromatic rings. The van der Waals surface area contributed by atoms with E-state index in [4.69, 9.17) is 0 Å². The van der Waals surface area contributed by atoms with Crippen molar-refractivity contribution in [2.45, 2.75) is 38.8 Å². The lowest BCUT2D eigenvalue weighted by atomic mass is 10.2. The van der Waals surface area contributed by atoms with Crippen molar-refractivity contribution >= 4 is 32.9 Å². The number of amides is 1. The van der Waals surface area contributed by atoms with Crippen LogP contribution in [0.15, 0.2) is 35.1 Å². The van der Waals surface area contributed by atoms with Gasteiger partial charge in [0.05, 0.1) is 27.9 Å². The number of aromatic nitrogens is 4. The van der Waals surface area contributed by atoms with E-state index in [1.807, 2.05) is 36.4 Å². The quantitative estimate of drug-likeness (QED) is 0.728. The Balaban J connectivity index is 1.58. The molecular formula is C18H20BrN5O. The number of para-hydroxylation sites is 2. The highest BCUT2D eigenvalue weighted by atomic mass is 79.9. The molecule has 0 radical (unpaired) electrons. The number of imidazole rings is 1. The standard InChI is InChI=1S/C18H20BrN5O/c1-2-13-16(19)17(22-21-13)18(25)24-9-5-6-12(24)10-23-11-20-14-7-3-4-8-15(14)23/h3-4,7-8,11-12H,2,5-6,9-10H2,1H3,(H,21,22). The zero-order chi connectivity index (χ0) is 17.4. The molecule has 6 nitrogen and oxygen atoms in total. The van der Waals surface area contributed by atoms with E-state index in [1.54, 1.807) is 0 Å². The van der Waals surface area contributed by atoms with Crippen LogP contribution in [0.4, 0.5) is 0 Å². The average Bonchev–Trinajstić information content (AvgIpc) is 3.34. The second kappa shape index (κ2) is 6.63. The van der Waals surface area contributed by atoms with Crippen LogP contribution in [0.25, 0.3) is 11.0 Å². The number of H-pyrrole nitrogens is 1. The van der Waals surface area contributed by atoms with E-state index in [0.717, 1.165) is 53.6 Å². The van der Waals surface area contributed by atoms with Gasteiger partial charge in [-0.2, -0.15) is 5.10 Å². The minimum Gasteiger partial charge on any atom is -0.332 e. The van der Waals surface area contributed by atoms with Crippen LogP contribution in [-0.4, -0.2) is 43.1 Å². The van der Waals surface area contributed by atoms with Gasteiger partial charge in [0.2, 0.25) is 0 Å². The van der Waals surface area contributed by atoms with E-state index in [2.05, 4.69) is 41.7 Å². The summed E-state index contributed by atoms with van der Waals surface area (Å²) in [4.78, 5) is 19.4. The van der Waals surface area contributed by atoms with E-state index >= 15 is 0 Å². The third-order valence-electron chi connectivity index (χ3n) is 4.90. The second-order valence-corrected chi connectivity index (χ2v) is 7.19. The Morgan fingerprint density at radius 2 is 2.24 bits per heavy atom. The van der Waals surface area contributed by atoms with Gasteiger partial charge in [-0.25, -0.2) is 4.98 Å². The Bertz CT molecular complexity index is 915. The van der Waals surface area contributed by atoms with E-state index in [0.29, 0.717) is 5.69 Å². The molecule has 1 saturated heterocycles. The molecule has 7 heteroatoms. The fourth-order valence-electron chi connectivity index (χ4n) is 3.55. The first-order valence-corrected chi connectivity index (χ1v) is 9.42. The van der Waals surface area contributed by atoms with Gasteiger partial charge in [-0.3, -0.25) is 9.89 Å². The predicted octanol–water partition coefficient (Wildman–Crippen LogP) is 3.39. The number of hydrogen-bond donors (Lipinski definition) is 1. The number of carbonyl (C=O) groups is 1. The van der Waals surface area contributed by atoms with Crippen LogP contribution in [0.2, 0.25) is 0 Å². The fourth-order valence-corrected chi connectivity index (χ4v) is 4.18. The van der Waals surface area contributed by atoms with Gasteiger partial charge < -0.3 is 9.47 Å². The monoisotopic (exact) mass is 401 g/mol. The molecule has 1 fully saturated rings. The molecule has 1 aromatic carbocycles. The van der Waals surface area contributed by atoms with Crippen LogP contribution in [0, 0.1) is 0 Å². The number of rotatable bonds is 4. The number of likely N-dealkylation sites (tertiary alicyclic amines) is 1. The molecule has 130 valence electrons. The van der Waals surface area contributed by atoms with Gasteiger partial charge in [-0.15, -0.1) is 0 Å². The van der Waals surface area contributed by atoms with Crippen LogP contribution >= 0.6 is 15.9 Å². The van der Waals surface area contributed by atoms with Crippen LogP contribution in [-0.2, 0) is 13.0 Å². The maximum absolute atomic E-state index is 13.0. The van der Waals surface area contributed by atoms with E-state index < -0.39 is 0 Å². The number of benzene rings is 1. The molecule has 1 atom stereocenters. The Hall–Kier alpha value is -2.15. The summed E-state index contributed by atoms with van der Waals surface area (Å²) in [5.74, 6) is -0.00486. The summed E-state index contributed by atoms with van der Waals surface area (Å²) in [6, 6.07) is 8.26. The van der Waals surface area contributed by atoms with E-state index in [9.17, 15) is 4.79 Å². The minimum atomic E-state index is -0.00486. The second-order valence-electron chi connectivity index (χ2n) is 6.40. The Morgan fingerprint density at radius 1 is 1.40 bits per heavy atom. The molecule has 0 aliphatic carbocycles. The van der Waals surface area contributed by atoms with Crippen molar-refractivity contribution in [2.24, 2.45) is 0 Å². The Kier molecular flexibility index (Phi) is 4.33. The van der Waals surface area contributed by atoms with Gasteiger partial charge in [-0.05, 0) is 47.3 Å². The molecular weight excluding hydrogens is 382 g/mol. The number of hydrogen-bond acceptors (Lipinski definition) is 3. The Morgan fingerprint density at radius 3 is 3.04 bits per heavy atom. The van der Waals surface area contributed by atoms with Gasteiger partial charge in [0.25, 0.3) is 5.91 Å². The van der Waals surface area contributed by atoms with Crippen molar-refractivity contribution in [3.8, 4) is 0 Å². The molecule has 1 aliphatic rings. The van der Waals surface area contributed by atoms with Crippen molar-refractivity contribution in [3.05, 3.63) is 46.5 Å². The minimum absolute atomic E-state index is 0.00486. The molecule has 0 bridgehead atoms. The van der Waals surface area contributed by atoms with Gasteiger partial charge in [0, 0.05) is 18.8 Å². The largest absolute Gasteiger partial charge is 0.332 e. The lowest BCUT2D eigenvalue weighted by Crippen LogP contribution is -2.38. The summed E-state index contributed by atoms with van der Waals surface area (Å²) in [6.45, 7) is 3.57. The number of fused-ring (bicyclic) bond motifs is 1. The summed E-state index contributed by atoms with van der Waals surface area (Å²) in [6.07, 6.45) is 4.70. The summed E-state index contributed by atoms with van der Waals surface area (Å²) < 4.78 is 2.93. The molecule has 0 saturated carbocycles. The normalized spacial score (nSPS) is 17.5.